The summed E-state index contributed by atoms with van der Waals surface area (Å²) in [5.41, 5.74) is 1.02. The zero-order valence-electron chi connectivity index (χ0n) is 19.8. The normalized spacial score (nSPS) is 12.8. The molecule has 1 atom stereocenters. The first-order valence-corrected chi connectivity index (χ1v) is 13.9. The maximum Gasteiger partial charge on any atom is 0.325 e. The summed E-state index contributed by atoms with van der Waals surface area (Å²) in [6.07, 6.45) is 22.3. The summed E-state index contributed by atoms with van der Waals surface area (Å²) in [4.78, 5) is 3.69. The Bertz CT molecular complexity index is 744. The fraction of sp³-hybridized carbons (Fsp3) is 0.667. The van der Waals surface area contributed by atoms with Crippen molar-refractivity contribution in [2.45, 2.75) is 120 Å². The van der Waals surface area contributed by atoms with Gasteiger partial charge in [0.2, 0.25) is 0 Å². The SMILES string of the molecule is [C-]#[N+]C(CCCCCCCC/C=C\CCCCCCCC)S(=O)(=O)c1ccc(C)cc1. The predicted molar refractivity (Wildman–Crippen MR) is 133 cm³/mol. The largest absolute Gasteiger partial charge is 0.325 e. The van der Waals surface area contributed by atoms with Gasteiger partial charge >= 0.3 is 5.37 Å². The molecule has 0 aliphatic heterocycles. The quantitative estimate of drug-likeness (QED) is 0.129. The zero-order chi connectivity index (χ0) is 22.8. The molecule has 0 radical (unpaired) electrons. The van der Waals surface area contributed by atoms with E-state index in [2.05, 4.69) is 23.9 Å². The maximum atomic E-state index is 12.6. The summed E-state index contributed by atoms with van der Waals surface area (Å²) in [6, 6.07) is 6.81. The van der Waals surface area contributed by atoms with Gasteiger partial charge in [-0.05, 0) is 51.2 Å². The number of nitrogens with zero attached hydrogens (tertiary/aromatic N) is 1. The van der Waals surface area contributed by atoms with Crippen molar-refractivity contribution in [1.82, 2.24) is 0 Å². The number of allylic oxidation sites excluding steroid dienone is 2. The Morgan fingerprint density at radius 1 is 0.806 bits per heavy atom. The lowest BCUT2D eigenvalue weighted by Crippen LogP contribution is -2.17. The van der Waals surface area contributed by atoms with Crippen LogP contribution in [0.4, 0.5) is 0 Å². The molecule has 0 heterocycles. The van der Waals surface area contributed by atoms with Crippen molar-refractivity contribution in [1.29, 1.82) is 0 Å². The predicted octanol–water partition coefficient (Wildman–Crippen LogP) is 8.44. The van der Waals surface area contributed by atoms with Crippen molar-refractivity contribution >= 4 is 9.84 Å². The molecule has 0 amide bonds. The number of aryl methyl sites for hydroxylation is 1. The van der Waals surface area contributed by atoms with Gasteiger partial charge in [-0.2, -0.15) is 0 Å². The van der Waals surface area contributed by atoms with Gasteiger partial charge in [0.25, 0.3) is 9.84 Å². The van der Waals surface area contributed by atoms with Crippen LogP contribution in [0.1, 0.15) is 109 Å². The zero-order valence-corrected chi connectivity index (χ0v) is 20.6. The number of hydrogen-bond acceptors (Lipinski definition) is 2. The molecule has 0 aliphatic carbocycles. The van der Waals surface area contributed by atoms with Crippen LogP contribution in [-0.4, -0.2) is 13.8 Å². The Kier molecular flexibility index (Phi) is 15.1. The van der Waals surface area contributed by atoms with Gasteiger partial charge in [0.05, 0.1) is 4.90 Å². The molecular formula is C27H43NO2S. The lowest BCUT2D eigenvalue weighted by atomic mass is 10.1. The lowest BCUT2D eigenvalue weighted by molar-refractivity contribution is 0.560. The van der Waals surface area contributed by atoms with Gasteiger partial charge in [-0.25, -0.2) is 15.0 Å². The number of sulfone groups is 1. The third-order valence-electron chi connectivity index (χ3n) is 5.81. The second-order valence-corrected chi connectivity index (χ2v) is 10.8. The second kappa shape index (κ2) is 17.0. The minimum Gasteiger partial charge on any atom is -0.296 e. The van der Waals surface area contributed by atoms with E-state index in [4.69, 9.17) is 6.57 Å². The van der Waals surface area contributed by atoms with Crippen LogP contribution in [-0.2, 0) is 9.84 Å². The van der Waals surface area contributed by atoms with Gasteiger partial charge in [0, 0.05) is 6.42 Å². The molecule has 0 aromatic heterocycles. The molecule has 0 spiro atoms. The van der Waals surface area contributed by atoms with Crippen LogP contribution < -0.4 is 0 Å². The van der Waals surface area contributed by atoms with Crippen LogP contribution in [0.15, 0.2) is 41.3 Å². The van der Waals surface area contributed by atoms with Gasteiger partial charge in [0.15, 0.2) is 0 Å². The summed E-state index contributed by atoms with van der Waals surface area (Å²) in [5, 5.41) is -0.952. The van der Waals surface area contributed by atoms with Crippen LogP contribution in [0.2, 0.25) is 0 Å². The smallest absolute Gasteiger partial charge is 0.296 e. The average Bonchev–Trinajstić information content (AvgIpc) is 2.76. The Morgan fingerprint density at radius 3 is 1.81 bits per heavy atom. The van der Waals surface area contributed by atoms with E-state index in [9.17, 15) is 8.42 Å². The van der Waals surface area contributed by atoms with Crippen LogP contribution >= 0.6 is 0 Å². The standard InChI is InChI=1S/C27H43NO2S/c1-4-5-6-7-8-9-10-11-12-13-14-15-16-17-18-19-20-27(28-3)31(29,30)26-23-21-25(2)22-24-26/h11-12,21-24,27H,4-10,13-20H2,1-2H3/b12-11-. The highest BCUT2D eigenvalue weighted by Crippen LogP contribution is 2.22. The first-order valence-electron chi connectivity index (χ1n) is 12.3. The number of unbranched alkanes of at least 4 members (excludes halogenated alkanes) is 12. The minimum absolute atomic E-state index is 0.267. The molecule has 0 fully saturated rings. The third-order valence-corrected chi connectivity index (χ3v) is 7.80. The molecule has 31 heavy (non-hydrogen) atoms. The second-order valence-electron chi connectivity index (χ2n) is 8.67. The summed E-state index contributed by atoms with van der Waals surface area (Å²) >= 11 is 0. The third kappa shape index (κ3) is 12.1. The van der Waals surface area contributed by atoms with E-state index >= 15 is 0 Å². The first kappa shape index (κ1) is 27.4. The van der Waals surface area contributed by atoms with E-state index in [1.54, 1.807) is 24.3 Å². The van der Waals surface area contributed by atoms with Gasteiger partial charge in [0.1, 0.15) is 0 Å². The van der Waals surface area contributed by atoms with Crippen LogP contribution in [0.25, 0.3) is 4.85 Å². The van der Waals surface area contributed by atoms with Crippen LogP contribution in [0, 0.1) is 13.5 Å². The fourth-order valence-corrected chi connectivity index (χ4v) is 5.19. The molecular weight excluding hydrogens is 402 g/mol. The molecule has 1 rings (SSSR count). The summed E-state index contributed by atoms with van der Waals surface area (Å²) in [7, 11) is -3.55. The Balaban J connectivity index is 2.07. The minimum atomic E-state index is -3.55. The van der Waals surface area contributed by atoms with Gasteiger partial charge < -0.3 is 0 Å². The lowest BCUT2D eigenvalue weighted by Gasteiger charge is -2.08. The van der Waals surface area contributed by atoms with Crippen LogP contribution in [0.5, 0.6) is 0 Å². The summed E-state index contributed by atoms with van der Waals surface area (Å²) in [5.74, 6) is 0. The van der Waals surface area contributed by atoms with Crippen molar-refractivity contribution in [2.24, 2.45) is 0 Å². The molecule has 0 saturated heterocycles. The maximum absolute atomic E-state index is 12.6. The molecule has 3 nitrogen and oxygen atoms in total. The van der Waals surface area contributed by atoms with Crippen molar-refractivity contribution in [3.8, 4) is 0 Å². The van der Waals surface area contributed by atoms with E-state index in [0.29, 0.717) is 6.42 Å². The van der Waals surface area contributed by atoms with E-state index in [0.717, 1.165) is 24.8 Å². The van der Waals surface area contributed by atoms with Gasteiger partial charge in [-0.15, -0.1) is 0 Å². The van der Waals surface area contributed by atoms with Gasteiger partial charge in [-0.1, -0.05) is 94.6 Å². The molecule has 1 unspecified atom stereocenters. The van der Waals surface area contributed by atoms with E-state index in [1.807, 2.05) is 6.92 Å². The highest BCUT2D eigenvalue weighted by atomic mass is 32.2. The highest BCUT2D eigenvalue weighted by molar-refractivity contribution is 7.92. The fourth-order valence-electron chi connectivity index (χ4n) is 3.74. The van der Waals surface area contributed by atoms with E-state index < -0.39 is 15.2 Å². The molecule has 0 saturated carbocycles. The Morgan fingerprint density at radius 2 is 1.29 bits per heavy atom. The van der Waals surface area contributed by atoms with Crippen molar-refractivity contribution in [3.63, 3.8) is 0 Å². The summed E-state index contributed by atoms with van der Waals surface area (Å²) < 4.78 is 25.3. The molecule has 1 aromatic rings. The molecule has 4 heteroatoms. The Hall–Kier alpha value is -1.60. The summed E-state index contributed by atoms with van der Waals surface area (Å²) in [6.45, 7) is 11.5. The molecule has 1 aromatic carbocycles. The molecule has 0 aliphatic rings. The molecule has 0 N–H and O–H groups in total. The monoisotopic (exact) mass is 445 g/mol. The first-order chi connectivity index (χ1) is 15.0. The van der Waals surface area contributed by atoms with E-state index in [1.165, 1.54) is 70.6 Å². The van der Waals surface area contributed by atoms with Gasteiger partial charge in [-0.3, -0.25) is 4.85 Å². The van der Waals surface area contributed by atoms with Crippen molar-refractivity contribution in [2.75, 3.05) is 0 Å². The molecule has 174 valence electrons. The molecule has 0 bridgehead atoms. The Labute approximate surface area is 192 Å². The number of benzene rings is 1. The van der Waals surface area contributed by atoms with Crippen molar-refractivity contribution < 1.29 is 8.42 Å². The number of hydrogen-bond donors (Lipinski definition) is 0. The van der Waals surface area contributed by atoms with Crippen LogP contribution in [0.3, 0.4) is 0 Å². The number of rotatable bonds is 18. The topological polar surface area (TPSA) is 38.5 Å². The average molecular weight is 446 g/mol. The van der Waals surface area contributed by atoms with E-state index in [-0.39, 0.29) is 4.90 Å². The highest BCUT2D eigenvalue weighted by Gasteiger charge is 2.31. The van der Waals surface area contributed by atoms with Crippen molar-refractivity contribution in [3.05, 3.63) is 53.4 Å².